The predicted molar refractivity (Wildman–Crippen MR) is 65.9 cm³/mol. The topological polar surface area (TPSA) is 59.6 Å². The molecule has 2 N–H and O–H groups in total. The van der Waals surface area contributed by atoms with Crippen molar-refractivity contribution in [2.24, 2.45) is 0 Å². The van der Waals surface area contributed by atoms with Gasteiger partial charge in [-0.15, -0.1) is 0 Å². The quantitative estimate of drug-likeness (QED) is 0.632. The lowest BCUT2D eigenvalue weighted by Gasteiger charge is -2.28. The van der Waals surface area contributed by atoms with E-state index in [1.165, 1.54) is 0 Å². The van der Waals surface area contributed by atoms with Crippen LogP contribution in [0.25, 0.3) is 0 Å². The molecular weight excluding hydrogens is 220 g/mol. The van der Waals surface area contributed by atoms with Gasteiger partial charge in [0.15, 0.2) is 0 Å². The van der Waals surface area contributed by atoms with E-state index in [0.29, 0.717) is 31.8 Å². The molecule has 0 aliphatic heterocycles. The monoisotopic (exact) mass is 244 g/mol. The molecule has 0 aromatic rings. The van der Waals surface area contributed by atoms with E-state index in [1.54, 1.807) is 14.2 Å². The molecule has 0 aromatic heterocycles. The third-order valence-electron chi connectivity index (χ3n) is 3.19. The maximum Gasteiger partial charge on any atom is 0.234 e. The summed E-state index contributed by atoms with van der Waals surface area (Å²) in [6, 6.07) is 0.453. The third kappa shape index (κ3) is 6.00. The van der Waals surface area contributed by atoms with E-state index in [9.17, 15) is 4.79 Å². The van der Waals surface area contributed by atoms with Gasteiger partial charge in [-0.3, -0.25) is 4.79 Å². The highest BCUT2D eigenvalue weighted by molar-refractivity contribution is 5.77. The Balaban J connectivity index is 2.04. The van der Waals surface area contributed by atoms with Crippen LogP contribution in [0.4, 0.5) is 0 Å². The lowest BCUT2D eigenvalue weighted by atomic mass is 9.93. The van der Waals surface area contributed by atoms with Crippen LogP contribution in [0.15, 0.2) is 0 Å². The van der Waals surface area contributed by atoms with Crippen molar-refractivity contribution < 1.29 is 14.3 Å². The molecule has 1 aliphatic carbocycles. The van der Waals surface area contributed by atoms with E-state index >= 15 is 0 Å². The molecule has 1 rings (SSSR count). The Morgan fingerprint density at radius 1 is 1.24 bits per heavy atom. The number of nitrogens with one attached hydrogen (secondary N) is 2. The molecule has 1 aliphatic rings. The van der Waals surface area contributed by atoms with Gasteiger partial charge < -0.3 is 20.1 Å². The minimum atomic E-state index is 0.0379. The zero-order valence-electron chi connectivity index (χ0n) is 10.8. The van der Waals surface area contributed by atoms with Crippen LogP contribution in [0.2, 0.25) is 0 Å². The fourth-order valence-corrected chi connectivity index (χ4v) is 2.09. The van der Waals surface area contributed by atoms with Crippen LogP contribution >= 0.6 is 0 Å². The highest BCUT2D eigenvalue weighted by Crippen LogP contribution is 2.20. The number of ether oxygens (including phenoxy) is 2. The number of hydrogen-bond donors (Lipinski definition) is 2. The van der Waals surface area contributed by atoms with Crippen LogP contribution in [0.3, 0.4) is 0 Å². The SMILES string of the molecule is COCCNC(=O)CNC1CCC(OC)CC1. The molecule has 0 radical (unpaired) electrons. The Kier molecular flexibility index (Phi) is 7.16. The Labute approximate surface area is 103 Å². The summed E-state index contributed by atoms with van der Waals surface area (Å²) in [6.07, 6.45) is 4.75. The van der Waals surface area contributed by atoms with Crippen molar-refractivity contribution in [1.29, 1.82) is 0 Å². The highest BCUT2D eigenvalue weighted by Gasteiger charge is 2.20. The summed E-state index contributed by atoms with van der Waals surface area (Å²) in [4.78, 5) is 11.4. The molecule has 0 heterocycles. The predicted octanol–water partition coefficient (Wildman–Crippen LogP) is 0.296. The number of hydrogen-bond acceptors (Lipinski definition) is 4. The molecule has 5 heteroatoms. The van der Waals surface area contributed by atoms with Gasteiger partial charge in [0.1, 0.15) is 0 Å². The van der Waals surface area contributed by atoms with E-state index in [4.69, 9.17) is 9.47 Å². The fourth-order valence-electron chi connectivity index (χ4n) is 2.09. The van der Waals surface area contributed by atoms with Crippen molar-refractivity contribution in [2.75, 3.05) is 33.9 Å². The average Bonchev–Trinajstić information content (AvgIpc) is 2.37. The molecule has 0 bridgehead atoms. The molecular formula is C12H24N2O3. The Morgan fingerprint density at radius 3 is 2.53 bits per heavy atom. The molecule has 0 aromatic carbocycles. The molecule has 5 nitrogen and oxygen atoms in total. The number of carbonyl (C=O) groups is 1. The largest absolute Gasteiger partial charge is 0.383 e. The normalized spacial score (nSPS) is 24.6. The van der Waals surface area contributed by atoms with Gasteiger partial charge in [-0.1, -0.05) is 0 Å². The van der Waals surface area contributed by atoms with Gasteiger partial charge in [0.05, 0.1) is 19.3 Å². The summed E-state index contributed by atoms with van der Waals surface area (Å²) in [6.45, 7) is 1.53. The van der Waals surface area contributed by atoms with Crippen molar-refractivity contribution in [3.8, 4) is 0 Å². The minimum Gasteiger partial charge on any atom is -0.383 e. The van der Waals surface area contributed by atoms with Crippen molar-refractivity contribution in [2.45, 2.75) is 37.8 Å². The van der Waals surface area contributed by atoms with Gasteiger partial charge in [0, 0.05) is 26.8 Å². The standard InChI is InChI=1S/C12H24N2O3/c1-16-8-7-13-12(15)9-14-10-3-5-11(17-2)6-4-10/h10-11,14H,3-9H2,1-2H3,(H,13,15). The molecule has 1 fully saturated rings. The first kappa shape index (κ1) is 14.4. The molecule has 0 atom stereocenters. The molecule has 100 valence electrons. The van der Waals surface area contributed by atoms with Gasteiger partial charge in [-0.05, 0) is 25.7 Å². The van der Waals surface area contributed by atoms with E-state index in [1.807, 2.05) is 0 Å². The second-order valence-electron chi connectivity index (χ2n) is 4.43. The van der Waals surface area contributed by atoms with E-state index in [-0.39, 0.29) is 5.91 Å². The highest BCUT2D eigenvalue weighted by atomic mass is 16.5. The van der Waals surface area contributed by atoms with Gasteiger partial charge in [0.2, 0.25) is 5.91 Å². The van der Waals surface area contributed by atoms with Gasteiger partial charge in [0.25, 0.3) is 0 Å². The summed E-state index contributed by atoms with van der Waals surface area (Å²) in [5.74, 6) is 0.0379. The molecule has 0 unspecified atom stereocenters. The summed E-state index contributed by atoms with van der Waals surface area (Å²) in [5.41, 5.74) is 0. The lowest BCUT2D eigenvalue weighted by Crippen LogP contribution is -2.42. The Bertz CT molecular complexity index is 216. The summed E-state index contributed by atoms with van der Waals surface area (Å²) in [7, 11) is 3.39. The van der Waals surface area contributed by atoms with Crippen LogP contribution in [-0.4, -0.2) is 52.0 Å². The lowest BCUT2D eigenvalue weighted by molar-refractivity contribution is -0.120. The second kappa shape index (κ2) is 8.44. The summed E-state index contributed by atoms with van der Waals surface area (Å²) >= 11 is 0. The van der Waals surface area contributed by atoms with Crippen molar-refractivity contribution in [3.63, 3.8) is 0 Å². The zero-order valence-corrected chi connectivity index (χ0v) is 10.8. The first-order valence-corrected chi connectivity index (χ1v) is 6.28. The third-order valence-corrected chi connectivity index (χ3v) is 3.19. The van der Waals surface area contributed by atoms with Gasteiger partial charge in [-0.2, -0.15) is 0 Å². The zero-order chi connectivity index (χ0) is 12.5. The van der Waals surface area contributed by atoms with Crippen LogP contribution in [0.5, 0.6) is 0 Å². The fraction of sp³-hybridized carbons (Fsp3) is 0.917. The second-order valence-corrected chi connectivity index (χ2v) is 4.43. The maximum atomic E-state index is 11.4. The first-order chi connectivity index (χ1) is 8.26. The van der Waals surface area contributed by atoms with Crippen LogP contribution in [0.1, 0.15) is 25.7 Å². The first-order valence-electron chi connectivity index (χ1n) is 6.28. The van der Waals surface area contributed by atoms with E-state index in [2.05, 4.69) is 10.6 Å². The summed E-state index contributed by atoms with van der Waals surface area (Å²) < 4.78 is 10.2. The van der Waals surface area contributed by atoms with Crippen LogP contribution < -0.4 is 10.6 Å². The number of amides is 1. The molecule has 0 saturated heterocycles. The van der Waals surface area contributed by atoms with E-state index in [0.717, 1.165) is 25.7 Å². The number of methoxy groups -OCH3 is 2. The minimum absolute atomic E-state index is 0.0379. The van der Waals surface area contributed by atoms with E-state index < -0.39 is 0 Å². The maximum absolute atomic E-state index is 11.4. The van der Waals surface area contributed by atoms with Crippen molar-refractivity contribution in [1.82, 2.24) is 10.6 Å². The average molecular weight is 244 g/mol. The Hall–Kier alpha value is -0.650. The number of rotatable bonds is 7. The smallest absolute Gasteiger partial charge is 0.234 e. The molecule has 0 spiro atoms. The molecule has 1 saturated carbocycles. The Morgan fingerprint density at radius 2 is 1.94 bits per heavy atom. The summed E-state index contributed by atoms with van der Waals surface area (Å²) in [5, 5.41) is 6.08. The number of carbonyl (C=O) groups excluding carboxylic acids is 1. The van der Waals surface area contributed by atoms with Crippen molar-refractivity contribution in [3.05, 3.63) is 0 Å². The molecule has 1 amide bonds. The van der Waals surface area contributed by atoms with Crippen LogP contribution in [0, 0.1) is 0 Å². The van der Waals surface area contributed by atoms with Gasteiger partial charge in [-0.25, -0.2) is 0 Å². The van der Waals surface area contributed by atoms with Crippen molar-refractivity contribution >= 4 is 5.91 Å². The molecule has 17 heavy (non-hydrogen) atoms. The van der Waals surface area contributed by atoms with Gasteiger partial charge >= 0.3 is 0 Å². The van der Waals surface area contributed by atoms with Crippen LogP contribution in [-0.2, 0) is 14.3 Å².